The Morgan fingerprint density at radius 2 is 2.10 bits per heavy atom. The Labute approximate surface area is 126 Å². The molecule has 2 aromatic rings. The van der Waals surface area contributed by atoms with Crippen molar-refractivity contribution < 1.29 is 22.7 Å². The summed E-state index contributed by atoms with van der Waals surface area (Å²) in [5.41, 5.74) is 0.213. The van der Waals surface area contributed by atoms with Gasteiger partial charge >= 0.3 is 0 Å². The molecule has 114 valence electrons. The Hall–Kier alpha value is -1.64. The third kappa shape index (κ3) is 3.72. The fourth-order valence-electron chi connectivity index (χ4n) is 1.68. The van der Waals surface area contributed by atoms with Gasteiger partial charge < -0.3 is 9.84 Å². The molecular weight excluding hydrogens is 317 g/mol. The highest BCUT2D eigenvalue weighted by atomic mass is 32.2. The van der Waals surface area contributed by atoms with E-state index in [0.717, 1.165) is 22.3 Å². The fraction of sp³-hybridized carbons (Fsp3) is 0.231. The number of halogens is 1. The molecule has 0 aliphatic carbocycles. The molecule has 2 rings (SSSR count). The third-order valence-electron chi connectivity index (χ3n) is 2.66. The number of thiophene rings is 1. The molecule has 1 heterocycles. The summed E-state index contributed by atoms with van der Waals surface area (Å²) < 4.78 is 45.0. The average Bonchev–Trinajstić information content (AvgIpc) is 2.91. The van der Waals surface area contributed by atoms with Crippen LogP contribution in [0.1, 0.15) is 4.88 Å². The molecule has 0 radical (unpaired) electrons. The number of aliphatic hydroxyl groups is 1. The number of hydrogen-bond donors (Lipinski definition) is 2. The van der Waals surface area contributed by atoms with E-state index in [1.54, 1.807) is 6.07 Å². The van der Waals surface area contributed by atoms with Crippen molar-refractivity contribution >= 4 is 27.0 Å². The van der Waals surface area contributed by atoms with Gasteiger partial charge in [-0.1, -0.05) is 0 Å². The van der Waals surface area contributed by atoms with Crippen LogP contribution in [0.25, 0.3) is 0 Å². The fourth-order valence-corrected chi connectivity index (χ4v) is 4.07. The van der Waals surface area contributed by atoms with Crippen molar-refractivity contribution in [3.05, 3.63) is 41.0 Å². The topological polar surface area (TPSA) is 75.6 Å². The van der Waals surface area contributed by atoms with E-state index in [1.807, 2.05) is 0 Å². The SMILES string of the molecule is COc1cc(NS(=O)(=O)c2ccc(CCO)s2)ccc1F. The maximum Gasteiger partial charge on any atom is 0.271 e. The van der Waals surface area contributed by atoms with Gasteiger partial charge in [0, 0.05) is 24.0 Å². The molecular formula is C13H14FNO4S2. The minimum absolute atomic E-state index is 0.0391. The molecule has 1 aromatic carbocycles. The largest absolute Gasteiger partial charge is 0.494 e. The first kappa shape index (κ1) is 15.7. The smallest absolute Gasteiger partial charge is 0.271 e. The number of methoxy groups -OCH3 is 1. The molecule has 0 spiro atoms. The van der Waals surface area contributed by atoms with E-state index in [0.29, 0.717) is 6.42 Å². The molecule has 0 saturated heterocycles. The summed E-state index contributed by atoms with van der Waals surface area (Å²) in [4.78, 5) is 0.773. The van der Waals surface area contributed by atoms with Gasteiger partial charge in [0.05, 0.1) is 12.8 Å². The summed E-state index contributed by atoms with van der Waals surface area (Å²) in [7, 11) is -2.44. The number of nitrogens with one attached hydrogen (secondary N) is 1. The second-order valence-corrected chi connectivity index (χ2v) is 7.23. The molecule has 0 aliphatic rings. The van der Waals surface area contributed by atoms with Crippen molar-refractivity contribution in [1.29, 1.82) is 0 Å². The van der Waals surface area contributed by atoms with Crippen LogP contribution in [-0.2, 0) is 16.4 Å². The molecule has 0 fully saturated rings. The molecule has 0 aliphatic heterocycles. The van der Waals surface area contributed by atoms with Gasteiger partial charge in [0.25, 0.3) is 10.0 Å². The van der Waals surface area contributed by atoms with Gasteiger partial charge in [-0.2, -0.15) is 0 Å². The van der Waals surface area contributed by atoms with Crippen molar-refractivity contribution in [2.24, 2.45) is 0 Å². The maximum absolute atomic E-state index is 13.3. The number of ether oxygens (including phenoxy) is 1. The Balaban J connectivity index is 2.24. The first-order valence-electron chi connectivity index (χ1n) is 6.02. The zero-order valence-electron chi connectivity index (χ0n) is 11.2. The van der Waals surface area contributed by atoms with Crippen LogP contribution in [0, 0.1) is 5.82 Å². The first-order chi connectivity index (χ1) is 9.96. The Bertz CT molecular complexity index is 728. The highest BCUT2D eigenvalue weighted by molar-refractivity contribution is 7.94. The van der Waals surface area contributed by atoms with Crippen LogP contribution in [0.2, 0.25) is 0 Å². The predicted molar refractivity (Wildman–Crippen MR) is 78.9 cm³/mol. The Kier molecular flexibility index (Phi) is 4.81. The number of hydrogen-bond acceptors (Lipinski definition) is 5. The zero-order valence-corrected chi connectivity index (χ0v) is 12.8. The highest BCUT2D eigenvalue weighted by Crippen LogP contribution is 2.27. The van der Waals surface area contributed by atoms with E-state index >= 15 is 0 Å². The van der Waals surface area contributed by atoms with Gasteiger partial charge in [-0.25, -0.2) is 12.8 Å². The monoisotopic (exact) mass is 331 g/mol. The van der Waals surface area contributed by atoms with Crippen LogP contribution in [0.15, 0.2) is 34.5 Å². The molecule has 2 N–H and O–H groups in total. The third-order valence-corrected chi connectivity index (χ3v) is 5.68. The summed E-state index contributed by atoms with van der Waals surface area (Å²) >= 11 is 1.08. The van der Waals surface area contributed by atoms with Crippen molar-refractivity contribution in [1.82, 2.24) is 0 Å². The van der Waals surface area contributed by atoms with Crippen LogP contribution in [0.5, 0.6) is 5.75 Å². The molecule has 0 amide bonds. The lowest BCUT2D eigenvalue weighted by atomic mass is 10.3. The molecule has 0 bridgehead atoms. The van der Waals surface area contributed by atoms with Crippen LogP contribution in [-0.4, -0.2) is 27.2 Å². The van der Waals surface area contributed by atoms with E-state index in [1.165, 1.54) is 25.3 Å². The van der Waals surface area contributed by atoms with Crippen LogP contribution >= 0.6 is 11.3 Å². The summed E-state index contributed by atoms with van der Waals surface area (Å²) in [6, 6.07) is 6.84. The Morgan fingerprint density at radius 1 is 1.33 bits per heavy atom. The van der Waals surface area contributed by atoms with Crippen molar-refractivity contribution in [2.75, 3.05) is 18.4 Å². The molecule has 8 heteroatoms. The maximum atomic E-state index is 13.3. The van der Waals surface area contributed by atoms with Gasteiger partial charge in [-0.15, -0.1) is 11.3 Å². The van der Waals surface area contributed by atoms with Crippen LogP contribution in [0.3, 0.4) is 0 Å². The summed E-state index contributed by atoms with van der Waals surface area (Å²) in [6.07, 6.45) is 0.407. The van der Waals surface area contributed by atoms with Gasteiger partial charge in [0.1, 0.15) is 4.21 Å². The molecule has 0 unspecified atom stereocenters. The van der Waals surface area contributed by atoms with Crippen LogP contribution in [0.4, 0.5) is 10.1 Å². The molecule has 0 atom stereocenters. The van der Waals surface area contributed by atoms with E-state index in [4.69, 9.17) is 9.84 Å². The lowest BCUT2D eigenvalue weighted by Gasteiger charge is -2.08. The minimum Gasteiger partial charge on any atom is -0.494 e. The van der Waals surface area contributed by atoms with Gasteiger partial charge in [-0.3, -0.25) is 4.72 Å². The van der Waals surface area contributed by atoms with E-state index in [9.17, 15) is 12.8 Å². The zero-order chi connectivity index (χ0) is 15.5. The van der Waals surface area contributed by atoms with Crippen LogP contribution < -0.4 is 9.46 Å². The molecule has 21 heavy (non-hydrogen) atoms. The number of rotatable bonds is 6. The quantitative estimate of drug-likeness (QED) is 0.851. The number of aliphatic hydroxyl groups excluding tert-OH is 1. The lowest BCUT2D eigenvalue weighted by Crippen LogP contribution is -2.11. The second kappa shape index (κ2) is 6.42. The summed E-state index contributed by atoms with van der Waals surface area (Å²) in [6.45, 7) is -0.0391. The van der Waals surface area contributed by atoms with E-state index in [-0.39, 0.29) is 22.3 Å². The first-order valence-corrected chi connectivity index (χ1v) is 8.32. The van der Waals surface area contributed by atoms with Crippen molar-refractivity contribution in [3.8, 4) is 5.75 Å². The van der Waals surface area contributed by atoms with Crippen molar-refractivity contribution in [2.45, 2.75) is 10.6 Å². The lowest BCUT2D eigenvalue weighted by molar-refractivity contribution is 0.300. The van der Waals surface area contributed by atoms with Gasteiger partial charge in [0.15, 0.2) is 11.6 Å². The second-order valence-electron chi connectivity index (χ2n) is 4.15. The Morgan fingerprint density at radius 3 is 2.76 bits per heavy atom. The highest BCUT2D eigenvalue weighted by Gasteiger charge is 2.17. The van der Waals surface area contributed by atoms with Gasteiger partial charge in [-0.05, 0) is 24.3 Å². The summed E-state index contributed by atoms with van der Waals surface area (Å²) in [5.74, 6) is -0.607. The molecule has 5 nitrogen and oxygen atoms in total. The molecule has 0 saturated carbocycles. The average molecular weight is 331 g/mol. The van der Waals surface area contributed by atoms with Gasteiger partial charge in [0.2, 0.25) is 0 Å². The normalized spacial score (nSPS) is 11.4. The summed E-state index contributed by atoms with van der Waals surface area (Å²) in [5, 5.41) is 8.84. The number of benzene rings is 1. The molecule has 1 aromatic heterocycles. The number of anilines is 1. The van der Waals surface area contributed by atoms with Crippen molar-refractivity contribution in [3.63, 3.8) is 0 Å². The van der Waals surface area contributed by atoms with E-state index in [2.05, 4.69) is 4.72 Å². The van der Waals surface area contributed by atoms with E-state index < -0.39 is 15.8 Å². The standard InChI is InChI=1S/C13H14FNO4S2/c1-19-12-8-9(2-4-11(12)14)15-21(17,18)13-5-3-10(20-13)6-7-16/h2-5,8,15-16H,6-7H2,1H3. The predicted octanol–water partition coefficient (Wildman–Crippen LogP) is 2.23. The minimum atomic E-state index is -3.74. The number of sulfonamides is 1.